The van der Waals surface area contributed by atoms with E-state index in [0.717, 1.165) is 37.0 Å². The number of ketones is 1. The summed E-state index contributed by atoms with van der Waals surface area (Å²) in [4.78, 5) is 29.8. The van der Waals surface area contributed by atoms with E-state index in [1.807, 2.05) is 24.3 Å². The summed E-state index contributed by atoms with van der Waals surface area (Å²) >= 11 is 0. The fourth-order valence-electron chi connectivity index (χ4n) is 3.15. The molecule has 0 radical (unpaired) electrons. The van der Waals surface area contributed by atoms with Gasteiger partial charge in [0.2, 0.25) is 0 Å². The second kappa shape index (κ2) is 7.42. The number of benzene rings is 1. The molecule has 3 rings (SSSR count). The molecule has 1 aromatic carbocycles. The second-order valence-electron chi connectivity index (χ2n) is 6.09. The summed E-state index contributed by atoms with van der Waals surface area (Å²) < 4.78 is 0. The molecule has 1 aromatic heterocycles. The van der Waals surface area contributed by atoms with Gasteiger partial charge in [0, 0.05) is 23.6 Å². The fourth-order valence-corrected chi connectivity index (χ4v) is 3.15. The number of carbonyl (C=O) groups is 2. The Morgan fingerprint density at radius 3 is 2.74 bits per heavy atom. The highest BCUT2D eigenvalue weighted by Gasteiger charge is 2.19. The van der Waals surface area contributed by atoms with Crippen LogP contribution in [0.2, 0.25) is 0 Å². The van der Waals surface area contributed by atoms with E-state index in [0.29, 0.717) is 12.1 Å². The first-order valence-corrected chi connectivity index (χ1v) is 8.37. The highest BCUT2D eigenvalue weighted by molar-refractivity contribution is 6.44. The third kappa shape index (κ3) is 3.79. The zero-order valence-electron chi connectivity index (χ0n) is 13.3. The topological polar surface area (TPSA) is 65.2 Å². The molecular formula is C18H23N3O2. The Labute approximate surface area is 136 Å². The lowest BCUT2D eigenvalue weighted by Gasteiger charge is -2.26. The summed E-state index contributed by atoms with van der Waals surface area (Å²) in [7, 11) is 0. The summed E-state index contributed by atoms with van der Waals surface area (Å²) in [5.74, 6) is -0.992. The largest absolute Gasteiger partial charge is 0.360 e. The molecule has 1 aliphatic rings. The van der Waals surface area contributed by atoms with Crippen LogP contribution in [-0.4, -0.2) is 47.8 Å². The van der Waals surface area contributed by atoms with Gasteiger partial charge in [0.1, 0.15) is 0 Å². The molecule has 122 valence electrons. The van der Waals surface area contributed by atoms with Crippen LogP contribution < -0.4 is 5.32 Å². The minimum absolute atomic E-state index is 0.439. The van der Waals surface area contributed by atoms with E-state index < -0.39 is 11.7 Å². The van der Waals surface area contributed by atoms with E-state index in [1.165, 1.54) is 19.3 Å². The standard InChI is InChI=1S/C18H23N3O2/c22-17(15-13-20-16-8-3-2-7-14(15)16)18(23)19-9-6-12-21-10-4-1-5-11-21/h2-3,7-8,13,20H,1,4-6,9-12H2,(H,19,23). The van der Waals surface area contributed by atoms with Gasteiger partial charge in [0.05, 0.1) is 5.56 Å². The summed E-state index contributed by atoms with van der Waals surface area (Å²) in [6.45, 7) is 3.84. The molecule has 0 bridgehead atoms. The lowest BCUT2D eigenvalue weighted by Crippen LogP contribution is -2.35. The van der Waals surface area contributed by atoms with Crippen LogP contribution in [0.4, 0.5) is 0 Å². The van der Waals surface area contributed by atoms with Gasteiger partial charge in [0.15, 0.2) is 0 Å². The normalized spacial score (nSPS) is 15.7. The molecule has 0 unspecified atom stereocenters. The number of Topliss-reactive ketones (excluding diaryl/α,β-unsaturated/α-hetero) is 1. The van der Waals surface area contributed by atoms with Crippen molar-refractivity contribution in [1.29, 1.82) is 0 Å². The number of aromatic amines is 1. The zero-order chi connectivity index (χ0) is 16.1. The first-order chi connectivity index (χ1) is 11.3. The highest BCUT2D eigenvalue weighted by atomic mass is 16.2. The molecule has 23 heavy (non-hydrogen) atoms. The first-order valence-electron chi connectivity index (χ1n) is 8.37. The maximum Gasteiger partial charge on any atom is 0.292 e. The molecule has 2 N–H and O–H groups in total. The number of para-hydroxylation sites is 1. The molecule has 0 aliphatic carbocycles. The van der Waals surface area contributed by atoms with Gasteiger partial charge in [-0.3, -0.25) is 9.59 Å². The number of nitrogens with zero attached hydrogens (tertiary/aromatic N) is 1. The van der Waals surface area contributed by atoms with Crippen LogP contribution in [0.3, 0.4) is 0 Å². The predicted molar refractivity (Wildman–Crippen MR) is 90.5 cm³/mol. The summed E-state index contributed by atoms with van der Waals surface area (Å²) in [5.41, 5.74) is 1.31. The summed E-state index contributed by atoms with van der Waals surface area (Å²) in [6, 6.07) is 7.50. The molecule has 2 aromatic rings. The molecule has 1 amide bonds. The quantitative estimate of drug-likeness (QED) is 0.489. The average molecular weight is 313 g/mol. The smallest absolute Gasteiger partial charge is 0.292 e. The number of nitrogens with one attached hydrogen (secondary N) is 2. The van der Waals surface area contributed by atoms with Gasteiger partial charge in [-0.1, -0.05) is 24.6 Å². The highest BCUT2D eigenvalue weighted by Crippen LogP contribution is 2.18. The number of fused-ring (bicyclic) bond motifs is 1. The molecule has 5 heteroatoms. The van der Waals surface area contributed by atoms with Crippen molar-refractivity contribution in [3.8, 4) is 0 Å². The molecule has 1 fully saturated rings. The number of likely N-dealkylation sites (tertiary alicyclic amines) is 1. The van der Waals surface area contributed by atoms with Crippen LogP contribution in [-0.2, 0) is 4.79 Å². The lowest BCUT2D eigenvalue weighted by molar-refractivity contribution is -0.117. The van der Waals surface area contributed by atoms with Crippen LogP contribution in [0.5, 0.6) is 0 Å². The van der Waals surface area contributed by atoms with Crippen molar-refractivity contribution in [3.63, 3.8) is 0 Å². The van der Waals surface area contributed by atoms with Gasteiger partial charge in [-0.05, 0) is 45.0 Å². The third-order valence-corrected chi connectivity index (χ3v) is 4.43. The Balaban J connectivity index is 1.49. The van der Waals surface area contributed by atoms with Gasteiger partial charge >= 0.3 is 0 Å². The molecule has 5 nitrogen and oxygen atoms in total. The number of piperidine rings is 1. The van der Waals surface area contributed by atoms with Crippen molar-refractivity contribution >= 4 is 22.6 Å². The fraction of sp³-hybridized carbons (Fsp3) is 0.444. The van der Waals surface area contributed by atoms with E-state index in [4.69, 9.17) is 0 Å². The molecule has 1 aliphatic heterocycles. The number of H-pyrrole nitrogens is 1. The Bertz CT molecular complexity index is 686. The van der Waals surface area contributed by atoms with Crippen molar-refractivity contribution in [2.24, 2.45) is 0 Å². The minimum atomic E-state index is -0.520. The number of rotatable bonds is 6. The van der Waals surface area contributed by atoms with Gasteiger partial charge in [-0.2, -0.15) is 0 Å². The van der Waals surface area contributed by atoms with Gasteiger partial charge in [-0.15, -0.1) is 0 Å². The van der Waals surface area contributed by atoms with Crippen molar-refractivity contribution in [1.82, 2.24) is 15.2 Å². The third-order valence-electron chi connectivity index (χ3n) is 4.43. The Morgan fingerprint density at radius 2 is 1.91 bits per heavy atom. The van der Waals surface area contributed by atoms with Gasteiger partial charge in [-0.25, -0.2) is 0 Å². The molecule has 0 atom stereocenters. The van der Waals surface area contributed by atoms with Crippen LogP contribution in [0.15, 0.2) is 30.5 Å². The number of amides is 1. The van der Waals surface area contributed by atoms with Gasteiger partial charge < -0.3 is 15.2 Å². The monoisotopic (exact) mass is 313 g/mol. The SMILES string of the molecule is O=C(NCCCN1CCCCC1)C(=O)c1c[nH]c2ccccc12. The van der Waals surface area contributed by atoms with E-state index in [-0.39, 0.29) is 0 Å². The van der Waals surface area contributed by atoms with E-state index in [2.05, 4.69) is 15.2 Å². The summed E-state index contributed by atoms with van der Waals surface area (Å²) in [6.07, 6.45) is 6.36. The number of carbonyl (C=O) groups excluding carboxylic acids is 2. The van der Waals surface area contributed by atoms with Crippen LogP contribution in [0.25, 0.3) is 10.9 Å². The maximum absolute atomic E-state index is 12.3. The number of aromatic nitrogens is 1. The number of hydrogen-bond donors (Lipinski definition) is 2. The maximum atomic E-state index is 12.3. The Kier molecular flexibility index (Phi) is 5.08. The van der Waals surface area contributed by atoms with E-state index >= 15 is 0 Å². The van der Waals surface area contributed by atoms with E-state index in [1.54, 1.807) is 6.20 Å². The zero-order valence-corrected chi connectivity index (χ0v) is 13.3. The molecule has 0 spiro atoms. The van der Waals surface area contributed by atoms with Crippen molar-refractivity contribution < 1.29 is 9.59 Å². The Morgan fingerprint density at radius 1 is 1.13 bits per heavy atom. The average Bonchev–Trinajstić information content (AvgIpc) is 3.03. The number of hydrogen-bond acceptors (Lipinski definition) is 3. The van der Waals surface area contributed by atoms with Crippen LogP contribution >= 0.6 is 0 Å². The molecule has 2 heterocycles. The molecule has 0 saturated carbocycles. The minimum Gasteiger partial charge on any atom is -0.360 e. The second-order valence-corrected chi connectivity index (χ2v) is 6.09. The van der Waals surface area contributed by atoms with Crippen molar-refractivity contribution in [2.45, 2.75) is 25.7 Å². The Hall–Kier alpha value is -2.14. The van der Waals surface area contributed by atoms with Gasteiger partial charge in [0.25, 0.3) is 11.7 Å². The van der Waals surface area contributed by atoms with Crippen molar-refractivity contribution in [2.75, 3.05) is 26.2 Å². The first kappa shape index (κ1) is 15.7. The molecule has 1 saturated heterocycles. The summed E-state index contributed by atoms with van der Waals surface area (Å²) in [5, 5.41) is 3.54. The van der Waals surface area contributed by atoms with Crippen LogP contribution in [0, 0.1) is 0 Å². The lowest BCUT2D eigenvalue weighted by atomic mass is 10.1. The van der Waals surface area contributed by atoms with Crippen LogP contribution in [0.1, 0.15) is 36.0 Å². The van der Waals surface area contributed by atoms with Crippen molar-refractivity contribution in [3.05, 3.63) is 36.0 Å². The predicted octanol–water partition coefficient (Wildman–Crippen LogP) is 2.34. The molecular weight excluding hydrogens is 290 g/mol. The van der Waals surface area contributed by atoms with E-state index in [9.17, 15) is 9.59 Å².